The number of rotatable bonds is 5. The lowest BCUT2D eigenvalue weighted by molar-refractivity contribution is 0.171. The van der Waals surface area contributed by atoms with E-state index in [4.69, 9.17) is 9.47 Å². The maximum absolute atomic E-state index is 13.1. The number of imidazole rings is 1. The van der Waals surface area contributed by atoms with E-state index >= 15 is 0 Å². The average Bonchev–Trinajstić information content (AvgIpc) is 3.30. The summed E-state index contributed by atoms with van der Waals surface area (Å²) in [6, 6.07) is 5.47. The number of aryl methyl sites for hydroxylation is 1. The zero-order valence-electron chi connectivity index (χ0n) is 16.0. The molecule has 1 aromatic carbocycles. The van der Waals surface area contributed by atoms with Crippen LogP contribution in [0, 0.1) is 12.8 Å². The summed E-state index contributed by atoms with van der Waals surface area (Å²) < 4.78 is 41.2. The Hall–Kier alpha value is -2.06. The Morgan fingerprint density at radius 2 is 1.93 bits per heavy atom. The molecule has 2 aromatic rings. The van der Waals surface area contributed by atoms with E-state index in [0.29, 0.717) is 49.8 Å². The van der Waals surface area contributed by atoms with Gasteiger partial charge in [0, 0.05) is 43.5 Å². The summed E-state index contributed by atoms with van der Waals surface area (Å²) in [7, 11) is -3.54. The first-order valence-electron chi connectivity index (χ1n) is 9.95. The van der Waals surface area contributed by atoms with Gasteiger partial charge in [0.1, 0.15) is 19.0 Å². The standard InChI is InChI=1S/C20H25N3O4S/c1-14-12-21-20(23(14)16-2-3-16)10-15-6-7-22(13-15)28(24,25)17-4-5-18-19(11-17)27-9-8-26-18/h4-5,11-12,15-16H,2-3,6-10,13H2,1H3/t15-/m1/s1. The minimum absolute atomic E-state index is 0.271. The number of aromatic nitrogens is 2. The van der Waals surface area contributed by atoms with Crippen molar-refractivity contribution in [3.63, 3.8) is 0 Å². The molecule has 0 unspecified atom stereocenters. The van der Waals surface area contributed by atoms with Crippen LogP contribution in [-0.4, -0.2) is 48.6 Å². The molecular formula is C20H25N3O4S. The van der Waals surface area contributed by atoms with Crippen LogP contribution in [0.5, 0.6) is 11.5 Å². The fourth-order valence-electron chi connectivity index (χ4n) is 4.25. The molecule has 0 spiro atoms. The van der Waals surface area contributed by atoms with E-state index in [9.17, 15) is 8.42 Å². The van der Waals surface area contributed by atoms with E-state index in [2.05, 4.69) is 16.5 Å². The number of ether oxygens (including phenoxy) is 2. The van der Waals surface area contributed by atoms with Crippen LogP contribution in [0.1, 0.15) is 36.8 Å². The van der Waals surface area contributed by atoms with E-state index in [1.165, 1.54) is 18.5 Å². The quantitative estimate of drug-likeness (QED) is 0.767. The molecule has 8 heteroatoms. The summed E-state index contributed by atoms with van der Waals surface area (Å²) in [6.45, 7) is 4.11. The third-order valence-corrected chi connectivity index (χ3v) is 7.70. The molecule has 2 aliphatic heterocycles. The topological polar surface area (TPSA) is 73.7 Å². The number of sulfonamides is 1. The smallest absolute Gasteiger partial charge is 0.243 e. The molecule has 1 atom stereocenters. The second kappa shape index (κ2) is 6.77. The molecule has 0 N–H and O–H groups in total. The Morgan fingerprint density at radius 1 is 1.14 bits per heavy atom. The fraction of sp³-hybridized carbons (Fsp3) is 0.550. The molecule has 28 heavy (non-hydrogen) atoms. The van der Waals surface area contributed by atoms with Crippen LogP contribution < -0.4 is 9.47 Å². The summed E-state index contributed by atoms with van der Waals surface area (Å²) in [5.74, 6) is 2.51. The van der Waals surface area contributed by atoms with Gasteiger partial charge in [-0.15, -0.1) is 0 Å². The van der Waals surface area contributed by atoms with Crippen molar-refractivity contribution in [1.82, 2.24) is 13.9 Å². The highest BCUT2D eigenvalue weighted by Gasteiger charge is 2.35. The second-order valence-electron chi connectivity index (χ2n) is 7.94. The van der Waals surface area contributed by atoms with Crippen molar-refractivity contribution in [3.8, 4) is 11.5 Å². The van der Waals surface area contributed by atoms with Gasteiger partial charge in [-0.1, -0.05) is 0 Å². The number of nitrogens with zero attached hydrogens (tertiary/aromatic N) is 3. The molecule has 3 heterocycles. The molecule has 0 bridgehead atoms. The Bertz CT molecular complexity index is 997. The molecule has 5 rings (SSSR count). The first kappa shape index (κ1) is 18.0. The van der Waals surface area contributed by atoms with Gasteiger partial charge in [0.15, 0.2) is 11.5 Å². The first-order chi connectivity index (χ1) is 13.5. The number of hydrogen-bond donors (Lipinski definition) is 0. The summed E-state index contributed by atoms with van der Waals surface area (Å²) in [4.78, 5) is 4.87. The van der Waals surface area contributed by atoms with Gasteiger partial charge in [-0.3, -0.25) is 0 Å². The van der Waals surface area contributed by atoms with Crippen LogP contribution in [0.3, 0.4) is 0 Å². The third-order valence-electron chi connectivity index (χ3n) is 5.84. The van der Waals surface area contributed by atoms with Crippen LogP contribution in [0.2, 0.25) is 0 Å². The van der Waals surface area contributed by atoms with E-state index in [-0.39, 0.29) is 4.90 Å². The molecule has 1 aliphatic carbocycles. The molecular weight excluding hydrogens is 378 g/mol. The molecule has 1 saturated carbocycles. The van der Waals surface area contributed by atoms with Crippen LogP contribution in [0.25, 0.3) is 0 Å². The highest BCUT2D eigenvalue weighted by Crippen LogP contribution is 2.38. The zero-order chi connectivity index (χ0) is 19.3. The van der Waals surface area contributed by atoms with Crippen molar-refractivity contribution in [3.05, 3.63) is 35.9 Å². The van der Waals surface area contributed by atoms with Crippen molar-refractivity contribution < 1.29 is 17.9 Å². The molecule has 0 radical (unpaired) electrons. The number of benzene rings is 1. The zero-order valence-corrected chi connectivity index (χ0v) is 16.8. The van der Waals surface area contributed by atoms with Crippen molar-refractivity contribution in [1.29, 1.82) is 0 Å². The fourth-order valence-corrected chi connectivity index (χ4v) is 5.80. The maximum atomic E-state index is 13.1. The van der Waals surface area contributed by atoms with E-state index in [0.717, 1.165) is 18.7 Å². The van der Waals surface area contributed by atoms with Gasteiger partial charge in [-0.25, -0.2) is 13.4 Å². The molecule has 2 fully saturated rings. The SMILES string of the molecule is Cc1cnc(C[C@H]2CCN(S(=O)(=O)c3ccc4c(c3)OCCO4)C2)n1C1CC1. The van der Waals surface area contributed by atoms with Crippen LogP contribution in [-0.2, 0) is 16.4 Å². The first-order valence-corrected chi connectivity index (χ1v) is 11.4. The molecule has 1 aromatic heterocycles. The van der Waals surface area contributed by atoms with Crippen LogP contribution in [0.4, 0.5) is 0 Å². The lowest BCUT2D eigenvalue weighted by Crippen LogP contribution is -2.29. The van der Waals surface area contributed by atoms with Gasteiger partial charge in [-0.2, -0.15) is 4.31 Å². The summed E-state index contributed by atoms with van der Waals surface area (Å²) in [5.41, 5.74) is 1.20. The highest BCUT2D eigenvalue weighted by molar-refractivity contribution is 7.89. The average molecular weight is 404 g/mol. The molecule has 7 nitrogen and oxygen atoms in total. The van der Waals surface area contributed by atoms with Gasteiger partial charge in [-0.05, 0) is 44.2 Å². The molecule has 0 amide bonds. The Balaban J connectivity index is 1.31. The molecule has 150 valence electrons. The maximum Gasteiger partial charge on any atom is 0.243 e. The van der Waals surface area contributed by atoms with Crippen molar-refractivity contribution in [2.45, 2.75) is 43.5 Å². The number of fused-ring (bicyclic) bond motifs is 1. The predicted octanol–water partition coefficient (Wildman–Crippen LogP) is 2.55. The minimum Gasteiger partial charge on any atom is -0.486 e. The Morgan fingerprint density at radius 3 is 2.71 bits per heavy atom. The highest BCUT2D eigenvalue weighted by atomic mass is 32.2. The summed E-state index contributed by atoms with van der Waals surface area (Å²) >= 11 is 0. The van der Waals surface area contributed by atoms with Gasteiger partial charge >= 0.3 is 0 Å². The van der Waals surface area contributed by atoms with Crippen molar-refractivity contribution >= 4 is 10.0 Å². The van der Waals surface area contributed by atoms with E-state index in [1.54, 1.807) is 22.5 Å². The Kier molecular flexibility index (Phi) is 4.35. The number of hydrogen-bond acceptors (Lipinski definition) is 5. The second-order valence-corrected chi connectivity index (χ2v) is 9.88. The van der Waals surface area contributed by atoms with Gasteiger partial charge in [0.25, 0.3) is 0 Å². The van der Waals surface area contributed by atoms with Crippen LogP contribution in [0.15, 0.2) is 29.3 Å². The van der Waals surface area contributed by atoms with Gasteiger partial charge in [0.05, 0.1) is 4.90 Å². The van der Waals surface area contributed by atoms with E-state index < -0.39 is 10.0 Å². The van der Waals surface area contributed by atoms with Crippen LogP contribution >= 0.6 is 0 Å². The third kappa shape index (κ3) is 3.18. The van der Waals surface area contributed by atoms with E-state index in [1.807, 2.05) is 6.20 Å². The summed E-state index contributed by atoms with van der Waals surface area (Å²) in [5, 5.41) is 0. The lowest BCUT2D eigenvalue weighted by Gasteiger charge is -2.21. The summed E-state index contributed by atoms with van der Waals surface area (Å²) in [6.07, 6.45) is 6.07. The monoisotopic (exact) mass is 403 g/mol. The van der Waals surface area contributed by atoms with Crippen molar-refractivity contribution in [2.75, 3.05) is 26.3 Å². The normalized spacial score (nSPS) is 22.5. The Labute approximate surface area is 165 Å². The van der Waals surface area contributed by atoms with Crippen molar-refractivity contribution in [2.24, 2.45) is 5.92 Å². The van der Waals surface area contributed by atoms with Gasteiger partial charge in [0.2, 0.25) is 10.0 Å². The molecule has 3 aliphatic rings. The minimum atomic E-state index is -3.54. The predicted molar refractivity (Wildman–Crippen MR) is 103 cm³/mol. The largest absolute Gasteiger partial charge is 0.486 e. The molecule has 1 saturated heterocycles. The van der Waals surface area contributed by atoms with Gasteiger partial charge < -0.3 is 14.0 Å². The lowest BCUT2D eigenvalue weighted by atomic mass is 10.0.